The lowest BCUT2D eigenvalue weighted by molar-refractivity contribution is -0.0272. The number of hydrogen-bond donors (Lipinski definition) is 0. The minimum atomic E-state index is -3.70. The molecular formula is C15H24O4S. The molecule has 0 amide bonds. The normalized spacial score (nSPS) is 15.0. The molecule has 1 rings (SSSR count). The number of aryl methyl sites for hydroxylation is 1. The Labute approximate surface area is 122 Å². The first-order chi connectivity index (χ1) is 9.39. The van der Waals surface area contributed by atoms with Crippen LogP contribution in [0, 0.1) is 6.92 Å². The van der Waals surface area contributed by atoms with Crippen molar-refractivity contribution in [3.05, 3.63) is 29.8 Å². The van der Waals surface area contributed by atoms with E-state index in [9.17, 15) is 8.42 Å². The van der Waals surface area contributed by atoms with Gasteiger partial charge in [-0.15, -0.1) is 0 Å². The van der Waals surface area contributed by atoms with Crippen LogP contribution in [0.4, 0.5) is 0 Å². The van der Waals surface area contributed by atoms with Gasteiger partial charge in [-0.05, 0) is 38.8 Å². The Morgan fingerprint density at radius 2 is 1.70 bits per heavy atom. The topological polar surface area (TPSA) is 52.6 Å². The van der Waals surface area contributed by atoms with Gasteiger partial charge in [-0.25, -0.2) is 0 Å². The lowest BCUT2D eigenvalue weighted by Gasteiger charge is -2.20. The largest absolute Gasteiger partial charge is 0.373 e. The van der Waals surface area contributed by atoms with Crippen molar-refractivity contribution in [1.82, 2.24) is 0 Å². The molecule has 4 nitrogen and oxygen atoms in total. The Bertz CT molecular complexity index is 493. The van der Waals surface area contributed by atoms with Gasteiger partial charge in [-0.1, -0.05) is 31.5 Å². The maximum atomic E-state index is 12.0. The highest BCUT2D eigenvalue weighted by Crippen LogP contribution is 2.15. The van der Waals surface area contributed by atoms with Crippen molar-refractivity contribution in [3.63, 3.8) is 0 Å². The van der Waals surface area contributed by atoms with Crippen LogP contribution in [0.5, 0.6) is 0 Å². The van der Waals surface area contributed by atoms with Gasteiger partial charge in [0, 0.05) is 0 Å². The summed E-state index contributed by atoms with van der Waals surface area (Å²) in [5.74, 6) is 0. The average molecular weight is 300 g/mol. The van der Waals surface area contributed by atoms with E-state index in [2.05, 4.69) is 0 Å². The minimum Gasteiger partial charge on any atom is -0.373 e. The summed E-state index contributed by atoms with van der Waals surface area (Å²) >= 11 is 0. The van der Waals surface area contributed by atoms with E-state index in [4.69, 9.17) is 8.92 Å². The van der Waals surface area contributed by atoms with Gasteiger partial charge in [-0.3, -0.25) is 4.18 Å². The summed E-state index contributed by atoms with van der Waals surface area (Å²) in [6.45, 7) is 7.91. The van der Waals surface area contributed by atoms with Crippen LogP contribution in [0.1, 0.15) is 39.2 Å². The summed E-state index contributed by atoms with van der Waals surface area (Å²) in [7, 11) is -3.70. The van der Waals surface area contributed by atoms with Crippen LogP contribution < -0.4 is 0 Å². The SMILES string of the molecule is CCC(C)OC(CC)COS(=O)(=O)c1ccc(C)cc1. The maximum absolute atomic E-state index is 12.0. The third-order valence-corrected chi connectivity index (χ3v) is 4.47. The molecule has 0 aliphatic carbocycles. The zero-order chi connectivity index (χ0) is 15.2. The summed E-state index contributed by atoms with van der Waals surface area (Å²) in [6, 6.07) is 6.62. The molecule has 0 bridgehead atoms. The van der Waals surface area contributed by atoms with Crippen molar-refractivity contribution in [3.8, 4) is 0 Å². The molecule has 114 valence electrons. The van der Waals surface area contributed by atoms with Gasteiger partial charge in [0.05, 0.1) is 23.7 Å². The zero-order valence-electron chi connectivity index (χ0n) is 12.6. The predicted molar refractivity (Wildman–Crippen MR) is 79.2 cm³/mol. The predicted octanol–water partition coefficient (Wildman–Crippen LogP) is 3.29. The highest BCUT2D eigenvalue weighted by Gasteiger charge is 2.19. The van der Waals surface area contributed by atoms with E-state index in [0.29, 0.717) is 6.42 Å². The molecule has 5 heteroatoms. The second-order valence-electron chi connectivity index (χ2n) is 4.94. The van der Waals surface area contributed by atoms with Crippen molar-refractivity contribution in [2.75, 3.05) is 6.61 Å². The van der Waals surface area contributed by atoms with Gasteiger partial charge in [0.25, 0.3) is 10.1 Å². The van der Waals surface area contributed by atoms with Crippen LogP contribution >= 0.6 is 0 Å². The summed E-state index contributed by atoms with van der Waals surface area (Å²) < 4.78 is 34.9. The number of ether oxygens (including phenoxy) is 1. The van der Waals surface area contributed by atoms with Crippen molar-refractivity contribution < 1.29 is 17.3 Å². The molecule has 0 aliphatic rings. The third-order valence-electron chi connectivity index (χ3n) is 3.17. The summed E-state index contributed by atoms with van der Waals surface area (Å²) in [6.07, 6.45) is 1.51. The van der Waals surface area contributed by atoms with E-state index < -0.39 is 10.1 Å². The van der Waals surface area contributed by atoms with E-state index in [1.54, 1.807) is 24.3 Å². The first kappa shape index (κ1) is 17.1. The van der Waals surface area contributed by atoms with Gasteiger partial charge >= 0.3 is 0 Å². The van der Waals surface area contributed by atoms with Crippen LogP contribution in [0.25, 0.3) is 0 Å². The first-order valence-corrected chi connectivity index (χ1v) is 8.41. The Morgan fingerprint density at radius 3 is 2.20 bits per heavy atom. The molecule has 0 aliphatic heterocycles. The molecule has 0 fully saturated rings. The Morgan fingerprint density at radius 1 is 1.10 bits per heavy atom. The second kappa shape index (κ2) is 7.76. The van der Waals surface area contributed by atoms with Crippen LogP contribution in [0.2, 0.25) is 0 Å². The number of benzene rings is 1. The van der Waals surface area contributed by atoms with Crippen molar-refractivity contribution >= 4 is 10.1 Å². The zero-order valence-corrected chi connectivity index (χ0v) is 13.4. The standard InChI is InChI=1S/C15H24O4S/c1-5-13(4)19-14(6-2)11-18-20(16,17)15-9-7-12(3)8-10-15/h7-10,13-14H,5-6,11H2,1-4H3. The quantitative estimate of drug-likeness (QED) is 0.691. The van der Waals surface area contributed by atoms with Gasteiger partial charge in [0.1, 0.15) is 0 Å². The molecule has 1 aromatic rings. The maximum Gasteiger partial charge on any atom is 0.297 e. The lowest BCUT2D eigenvalue weighted by Crippen LogP contribution is -2.25. The molecule has 0 aromatic heterocycles. The summed E-state index contributed by atoms with van der Waals surface area (Å²) in [5.41, 5.74) is 1.01. The van der Waals surface area contributed by atoms with E-state index >= 15 is 0 Å². The van der Waals surface area contributed by atoms with Crippen molar-refractivity contribution in [2.45, 2.75) is 57.6 Å². The van der Waals surface area contributed by atoms with Crippen LogP contribution in [-0.4, -0.2) is 27.2 Å². The Hall–Kier alpha value is -0.910. The van der Waals surface area contributed by atoms with Gasteiger partial charge in [0.15, 0.2) is 0 Å². The van der Waals surface area contributed by atoms with E-state index in [1.165, 1.54) is 0 Å². The molecule has 0 N–H and O–H groups in total. The molecular weight excluding hydrogens is 276 g/mol. The van der Waals surface area contributed by atoms with Crippen molar-refractivity contribution in [1.29, 1.82) is 0 Å². The third kappa shape index (κ3) is 5.23. The fourth-order valence-electron chi connectivity index (χ4n) is 1.62. The highest BCUT2D eigenvalue weighted by molar-refractivity contribution is 7.86. The molecule has 0 saturated heterocycles. The van der Waals surface area contributed by atoms with Gasteiger partial charge < -0.3 is 4.74 Å². The van der Waals surface area contributed by atoms with E-state index in [0.717, 1.165) is 12.0 Å². The van der Waals surface area contributed by atoms with Crippen LogP contribution in [-0.2, 0) is 19.0 Å². The molecule has 0 saturated carbocycles. The summed E-state index contributed by atoms with van der Waals surface area (Å²) in [5, 5.41) is 0. The molecule has 0 radical (unpaired) electrons. The molecule has 0 spiro atoms. The number of hydrogen-bond acceptors (Lipinski definition) is 4. The molecule has 1 aromatic carbocycles. The van der Waals surface area contributed by atoms with Gasteiger partial charge in [0.2, 0.25) is 0 Å². The second-order valence-corrected chi connectivity index (χ2v) is 6.55. The Kier molecular flexibility index (Phi) is 6.65. The lowest BCUT2D eigenvalue weighted by atomic mass is 10.2. The monoisotopic (exact) mass is 300 g/mol. The fraction of sp³-hybridized carbons (Fsp3) is 0.600. The fourth-order valence-corrected chi connectivity index (χ4v) is 2.55. The summed E-state index contributed by atoms with van der Waals surface area (Å²) in [4.78, 5) is 0.182. The van der Waals surface area contributed by atoms with Gasteiger partial charge in [-0.2, -0.15) is 8.42 Å². The smallest absolute Gasteiger partial charge is 0.297 e. The molecule has 0 heterocycles. The average Bonchev–Trinajstić information content (AvgIpc) is 2.43. The first-order valence-electron chi connectivity index (χ1n) is 7.00. The molecule has 2 atom stereocenters. The molecule has 20 heavy (non-hydrogen) atoms. The van der Waals surface area contributed by atoms with Crippen LogP contribution in [0.3, 0.4) is 0 Å². The van der Waals surface area contributed by atoms with E-state index in [-0.39, 0.29) is 23.7 Å². The Balaban J connectivity index is 2.64. The van der Waals surface area contributed by atoms with E-state index in [1.807, 2.05) is 27.7 Å². The molecule has 2 unspecified atom stereocenters. The minimum absolute atomic E-state index is 0.0526. The van der Waals surface area contributed by atoms with Crippen LogP contribution in [0.15, 0.2) is 29.2 Å². The van der Waals surface area contributed by atoms with Crippen molar-refractivity contribution in [2.24, 2.45) is 0 Å². The number of rotatable bonds is 8. The highest BCUT2D eigenvalue weighted by atomic mass is 32.2.